The fraction of sp³-hybridized carbons (Fsp3) is 0.455. The molecule has 30 heavy (non-hydrogen) atoms. The highest BCUT2D eigenvalue weighted by molar-refractivity contribution is 5.95. The van der Waals surface area contributed by atoms with Crippen LogP contribution in [0.3, 0.4) is 0 Å². The van der Waals surface area contributed by atoms with Crippen LogP contribution in [0.5, 0.6) is 0 Å². The van der Waals surface area contributed by atoms with Crippen LogP contribution in [0, 0.1) is 5.92 Å². The van der Waals surface area contributed by atoms with Crippen LogP contribution in [0.1, 0.15) is 21.8 Å². The Hall–Kier alpha value is -1.86. The number of nitrogens with two attached hydrogens (primary N) is 1. The Bertz CT molecular complexity index is 814. The summed E-state index contributed by atoms with van der Waals surface area (Å²) >= 11 is 0. The zero-order valence-electron chi connectivity index (χ0n) is 17.3. The van der Waals surface area contributed by atoms with Crippen molar-refractivity contribution in [2.45, 2.75) is 5.92 Å². The SMILES string of the molecule is CN1CCN(c2cc(C(=O)N3C[C@@H](CN)[C@H](c4ccccc4)C3)ccn2)CC1.Cl.Cl. The largest absolute Gasteiger partial charge is 0.354 e. The zero-order valence-corrected chi connectivity index (χ0v) is 18.9. The summed E-state index contributed by atoms with van der Waals surface area (Å²) < 4.78 is 0. The molecular weight excluding hydrogens is 421 g/mol. The number of pyridine rings is 1. The molecule has 1 aromatic heterocycles. The van der Waals surface area contributed by atoms with Crippen LogP contribution in [0.15, 0.2) is 48.7 Å². The van der Waals surface area contributed by atoms with Gasteiger partial charge >= 0.3 is 0 Å². The maximum atomic E-state index is 13.2. The summed E-state index contributed by atoms with van der Waals surface area (Å²) in [5.41, 5.74) is 8.02. The Morgan fingerprint density at radius 2 is 1.77 bits per heavy atom. The van der Waals surface area contributed by atoms with E-state index in [1.807, 2.05) is 23.1 Å². The monoisotopic (exact) mass is 451 g/mol. The Morgan fingerprint density at radius 3 is 2.43 bits per heavy atom. The maximum absolute atomic E-state index is 13.2. The Labute approximate surface area is 191 Å². The third-order valence-electron chi connectivity index (χ3n) is 6.08. The lowest BCUT2D eigenvalue weighted by Crippen LogP contribution is -2.44. The molecule has 2 atom stereocenters. The van der Waals surface area contributed by atoms with Gasteiger partial charge in [0.1, 0.15) is 5.82 Å². The molecule has 1 amide bonds. The molecule has 0 aliphatic carbocycles. The molecule has 0 unspecified atom stereocenters. The highest BCUT2D eigenvalue weighted by atomic mass is 35.5. The highest BCUT2D eigenvalue weighted by Crippen LogP contribution is 2.33. The van der Waals surface area contributed by atoms with Crippen molar-refractivity contribution in [3.63, 3.8) is 0 Å². The van der Waals surface area contributed by atoms with Gasteiger partial charge in [-0.25, -0.2) is 4.98 Å². The molecule has 0 saturated carbocycles. The molecule has 2 aliphatic heterocycles. The Morgan fingerprint density at radius 1 is 1.07 bits per heavy atom. The molecule has 1 aromatic carbocycles. The summed E-state index contributed by atoms with van der Waals surface area (Å²) in [4.78, 5) is 24.2. The predicted molar refractivity (Wildman–Crippen MR) is 126 cm³/mol. The van der Waals surface area contributed by atoms with Gasteiger partial charge in [-0.15, -0.1) is 24.8 Å². The van der Waals surface area contributed by atoms with Crippen LogP contribution in [-0.2, 0) is 0 Å². The number of hydrogen-bond donors (Lipinski definition) is 1. The molecule has 0 spiro atoms. The van der Waals surface area contributed by atoms with E-state index in [1.165, 1.54) is 5.56 Å². The van der Waals surface area contributed by atoms with Crippen molar-refractivity contribution in [2.75, 3.05) is 57.8 Å². The van der Waals surface area contributed by atoms with Gasteiger partial charge in [-0.3, -0.25) is 4.79 Å². The van der Waals surface area contributed by atoms with Crippen molar-refractivity contribution in [3.8, 4) is 0 Å². The minimum absolute atomic E-state index is 0. The van der Waals surface area contributed by atoms with Gasteiger partial charge in [0.05, 0.1) is 0 Å². The number of rotatable bonds is 4. The van der Waals surface area contributed by atoms with Crippen LogP contribution in [0.4, 0.5) is 5.82 Å². The van der Waals surface area contributed by atoms with Gasteiger partial charge in [0.2, 0.25) is 0 Å². The van der Waals surface area contributed by atoms with Crippen molar-refractivity contribution >= 4 is 36.5 Å². The number of carbonyl (C=O) groups excluding carboxylic acids is 1. The van der Waals surface area contributed by atoms with Gasteiger partial charge in [0, 0.05) is 56.9 Å². The van der Waals surface area contributed by atoms with Crippen LogP contribution >= 0.6 is 24.8 Å². The second-order valence-corrected chi connectivity index (χ2v) is 7.92. The van der Waals surface area contributed by atoms with Gasteiger partial charge in [-0.05, 0) is 37.2 Å². The second-order valence-electron chi connectivity index (χ2n) is 7.92. The second kappa shape index (κ2) is 11.0. The molecule has 2 N–H and O–H groups in total. The van der Waals surface area contributed by atoms with E-state index in [2.05, 4.69) is 46.1 Å². The van der Waals surface area contributed by atoms with Crippen LogP contribution < -0.4 is 10.6 Å². The fourth-order valence-corrected chi connectivity index (χ4v) is 4.30. The number of benzene rings is 1. The first-order chi connectivity index (χ1) is 13.7. The van der Waals surface area contributed by atoms with Crippen LogP contribution in [0.2, 0.25) is 0 Å². The van der Waals surface area contributed by atoms with Crippen molar-refractivity contribution in [1.29, 1.82) is 0 Å². The molecule has 3 heterocycles. The molecule has 2 saturated heterocycles. The minimum atomic E-state index is 0. The summed E-state index contributed by atoms with van der Waals surface area (Å²) in [6, 6.07) is 14.2. The van der Waals surface area contributed by atoms with E-state index in [-0.39, 0.29) is 30.7 Å². The fourth-order valence-electron chi connectivity index (χ4n) is 4.30. The molecule has 2 fully saturated rings. The summed E-state index contributed by atoms with van der Waals surface area (Å²) in [7, 11) is 2.13. The van der Waals surface area contributed by atoms with E-state index < -0.39 is 0 Å². The molecule has 0 radical (unpaired) electrons. The number of piperazine rings is 1. The smallest absolute Gasteiger partial charge is 0.254 e. The number of likely N-dealkylation sites (tertiary alicyclic amines) is 1. The predicted octanol–water partition coefficient (Wildman–Crippen LogP) is 2.49. The van der Waals surface area contributed by atoms with Crippen LogP contribution in [-0.4, -0.2) is 73.6 Å². The zero-order chi connectivity index (χ0) is 19.5. The standard InChI is InChI=1S/C22H29N5O.2ClH/c1-25-9-11-26(12-10-25)21-13-18(7-8-24-21)22(28)27-15-19(14-23)20(16-27)17-5-3-2-4-6-17;;/h2-8,13,19-20H,9-12,14-16,23H2,1H3;2*1H/t19-,20+;;/m1../s1. The van der Waals surface area contributed by atoms with Crippen molar-refractivity contribution in [1.82, 2.24) is 14.8 Å². The molecule has 6 nitrogen and oxygen atoms in total. The Balaban J connectivity index is 0.00000160. The molecule has 8 heteroatoms. The van der Waals surface area contributed by atoms with Crippen molar-refractivity contribution in [3.05, 3.63) is 59.8 Å². The third kappa shape index (κ3) is 5.24. The third-order valence-corrected chi connectivity index (χ3v) is 6.08. The van der Waals surface area contributed by atoms with Gasteiger partial charge in [-0.2, -0.15) is 0 Å². The van der Waals surface area contributed by atoms with Gasteiger partial charge in [0.25, 0.3) is 5.91 Å². The van der Waals surface area contributed by atoms with E-state index >= 15 is 0 Å². The minimum Gasteiger partial charge on any atom is -0.354 e. The van der Waals surface area contributed by atoms with Gasteiger partial charge in [0.15, 0.2) is 0 Å². The lowest BCUT2D eigenvalue weighted by Gasteiger charge is -2.33. The Kier molecular flexibility index (Phi) is 8.92. The lowest BCUT2D eigenvalue weighted by molar-refractivity contribution is 0.0786. The van der Waals surface area contributed by atoms with E-state index in [0.29, 0.717) is 30.5 Å². The summed E-state index contributed by atoms with van der Waals surface area (Å²) in [6.45, 7) is 5.93. The number of amides is 1. The molecule has 164 valence electrons. The normalized spacial score (nSPS) is 21.7. The van der Waals surface area contributed by atoms with Crippen LogP contribution in [0.25, 0.3) is 0 Å². The van der Waals surface area contributed by atoms with Gasteiger partial charge in [-0.1, -0.05) is 30.3 Å². The van der Waals surface area contributed by atoms with E-state index in [9.17, 15) is 4.79 Å². The summed E-state index contributed by atoms with van der Waals surface area (Å²) in [5.74, 6) is 1.57. The van der Waals surface area contributed by atoms with Crippen molar-refractivity contribution < 1.29 is 4.79 Å². The highest BCUT2D eigenvalue weighted by Gasteiger charge is 2.35. The molecule has 4 rings (SSSR count). The van der Waals surface area contributed by atoms with E-state index in [0.717, 1.165) is 38.5 Å². The quantitative estimate of drug-likeness (QED) is 0.773. The first-order valence-electron chi connectivity index (χ1n) is 10.1. The maximum Gasteiger partial charge on any atom is 0.254 e. The van der Waals surface area contributed by atoms with E-state index in [4.69, 9.17) is 5.73 Å². The molecule has 2 aromatic rings. The lowest BCUT2D eigenvalue weighted by atomic mass is 9.89. The average molecular weight is 452 g/mol. The molecule has 2 aliphatic rings. The first kappa shape index (κ1) is 24.4. The van der Waals surface area contributed by atoms with E-state index in [1.54, 1.807) is 6.20 Å². The van der Waals surface area contributed by atoms with Crippen molar-refractivity contribution in [2.24, 2.45) is 11.7 Å². The number of halogens is 2. The number of hydrogen-bond acceptors (Lipinski definition) is 5. The number of likely N-dealkylation sites (N-methyl/N-ethyl adjacent to an activating group) is 1. The number of nitrogens with zero attached hydrogens (tertiary/aromatic N) is 4. The summed E-state index contributed by atoms with van der Waals surface area (Å²) in [6.07, 6.45) is 1.76. The van der Waals surface area contributed by atoms with Gasteiger partial charge < -0.3 is 20.4 Å². The molecular formula is C22H31Cl2N5O. The molecule has 0 bridgehead atoms. The first-order valence-corrected chi connectivity index (χ1v) is 10.1. The summed E-state index contributed by atoms with van der Waals surface area (Å²) in [5, 5.41) is 0. The number of aromatic nitrogens is 1. The number of carbonyl (C=O) groups is 1. The topological polar surface area (TPSA) is 65.7 Å². The average Bonchev–Trinajstić information content (AvgIpc) is 3.19. The number of anilines is 1.